The predicted molar refractivity (Wildman–Crippen MR) is 68.6 cm³/mol. The number of ketones is 1. The van der Waals surface area contributed by atoms with Crippen molar-refractivity contribution in [3.8, 4) is 5.75 Å². The maximum absolute atomic E-state index is 12.1. The third kappa shape index (κ3) is 2.00. The number of carbonyl (C=O) groups excluding carboxylic acids is 1. The summed E-state index contributed by atoms with van der Waals surface area (Å²) in [4.78, 5) is 12.6. The average Bonchev–Trinajstić information content (AvgIpc) is 2.64. The quantitative estimate of drug-likeness (QED) is 0.847. The molecule has 0 fully saturated rings. The molecule has 5 heteroatoms. The molecular weight excluding hydrogens is 312 g/mol. The van der Waals surface area contributed by atoms with Gasteiger partial charge < -0.3 is 5.11 Å². The van der Waals surface area contributed by atoms with Gasteiger partial charge in [0.05, 0.1) is 15.5 Å². The van der Waals surface area contributed by atoms with Crippen molar-refractivity contribution in [1.82, 2.24) is 0 Å². The van der Waals surface area contributed by atoms with Gasteiger partial charge in [-0.2, -0.15) is 0 Å². The highest BCUT2D eigenvalue weighted by atomic mass is 79.9. The summed E-state index contributed by atoms with van der Waals surface area (Å²) in [5, 5.41) is 11.7. The predicted octanol–water partition coefficient (Wildman–Crippen LogP) is 4.10. The van der Waals surface area contributed by atoms with E-state index in [0.717, 1.165) is 0 Å². The molecule has 0 saturated heterocycles. The van der Waals surface area contributed by atoms with Crippen molar-refractivity contribution in [3.63, 3.8) is 0 Å². The smallest absolute Gasteiger partial charge is 0.209 e. The van der Waals surface area contributed by atoms with Crippen LogP contribution in [0, 0.1) is 0 Å². The lowest BCUT2D eigenvalue weighted by Gasteiger charge is -2.04. The van der Waals surface area contributed by atoms with Crippen molar-refractivity contribution < 1.29 is 9.90 Å². The van der Waals surface area contributed by atoms with Gasteiger partial charge in [-0.3, -0.25) is 4.79 Å². The lowest BCUT2D eigenvalue weighted by atomic mass is 10.1. The minimum atomic E-state index is -0.273. The number of thiophene rings is 1. The summed E-state index contributed by atoms with van der Waals surface area (Å²) in [6.45, 7) is 0. The molecule has 0 saturated carbocycles. The largest absolute Gasteiger partial charge is 0.507 e. The molecule has 0 unspecified atom stereocenters. The SMILES string of the molecule is O=C(c1sccc1Br)c1c(O)cccc1Cl. The minimum absolute atomic E-state index is 0.0993. The monoisotopic (exact) mass is 316 g/mol. The number of phenolic OH excluding ortho intramolecular Hbond substituents is 1. The molecule has 1 aromatic carbocycles. The standard InChI is InChI=1S/C11H6BrClO2S/c12-6-4-5-16-11(6)10(15)9-7(13)2-1-3-8(9)14/h1-5,14H. The van der Waals surface area contributed by atoms with E-state index in [-0.39, 0.29) is 22.1 Å². The molecule has 0 aliphatic heterocycles. The van der Waals surface area contributed by atoms with Crippen LogP contribution in [0.5, 0.6) is 5.75 Å². The molecule has 16 heavy (non-hydrogen) atoms. The zero-order valence-electron chi connectivity index (χ0n) is 7.91. The third-order valence-electron chi connectivity index (χ3n) is 2.04. The van der Waals surface area contributed by atoms with Crippen LogP contribution in [0.25, 0.3) is 0 Å². The Balaban J connectivity index is 2.54. The second-order valence-electron chi connectivity index (χ2n) is 3.06. The van der Waals surface area contributed by atoms with Crippen LogP contribution >= 0.6 is 38.9 Å². The fourth-order valence-corrected chi connectivity index (χ4v) is 3.06. The number of rotatable bonds is 2. The van der Waals surface area contributed by atoms with Crippen LogP contribution in [0.4, 0.5) is 0 Å². The van der Waals surface area contributed by atoms with Gasteiger partial charge in [0.25, 0.3) is 0 Å². The number of halogens is 2. The topological polar surface area (TPSA) is 37.3 Å². The normalized spacial score (nSPS) is 10.4. The Labute approximate surface area is 110 Å². The van der Waals surface area contributed by atoms with E-state index in [9.17, 15) is 9.90 Å². The van der Waals surface area contributed by atoms with E-state index in [2.05, 4.69) is 15.9 Å². The summed E-state index contributed by atoms with van der Waals surface area (Å²) in [5.41, 5.74) is 0.146. The highest BCUT2D eigenvalue weighted by Gasteiger charge is 2.20. The molecule has 0 bridgehead atoms. The molecule has 0 spiro atoms. The molecule has 1 N–H and O–H groups in total. The molecular formula is C11H6BrClO2S. The van der Waals surface area contributed by atoms with Gasteiger partial charge in [0, 0.05) is 4.47 Å². The molecule has 2 rings (SSSR count). The molecule has 2 nitrogen and oxygen atoms in total. The van der Waals surface area contributed by atoms with Gasteiger partial charge in [0.2, 0.25) is 5.78 Å². The summed E-state index contributed by atoms with van der Waals surface area (Å²) in [5.74, 6) is -0.372. The fraction of sp³-hybridized carbons (Fsp3) is 0. The van der Waals surface area contributed by atoms with Crippen LogP contribution in [0.1, 0.15) is 15.2 Å². The van der Waals surface area contributed by atoms with Gasteiger partial charge in [0.1, 0.15) is 5.75 Å². The molecule has 0 radical (unpaired) electrons. The number of hydrogen-bond donors (Lipinski definition) is 1. The lowest BCUT2D eigenvalue weighted by molar-refractivity contribution is 0.103. The third-order valence-corrected chi connectivity index (χ3v) is 4.19. The van der Waals surface area contributed by atoms with Crippen molar-refractivity contribution in [2.24, 2.45) is 0 Å². The summed E-state index contributed by atoms with van der Waals surface area (Å²) >= 11 is 10.5. The first kappa shape index (κ1) is 11.6. The maximum atomic E-state index is 12.1. The minimum Gasteiger partial charge on any atom is -0.507 e. The number of phenols is 1. The molecule has 0 aliphatic rings. The van der Waals surface area contributed by atoms with Gasteiger partial charge >= 0.3 is 0 Å². The van der Waals surface area contributed by atoms with Crippen LogP contribution in [-0.2, 0) is 0 Å². The Hall–Kier alpha value is -0.840. The van der Waals surface area contributed by atoms with Crippen LogP contribution in [0.2, 0.25) is 5.02 Å². The number of carbonyl (C=O) groups is 1. The number of benzene rings is 1. The second kappa shape index (κ2) is 4.57. The van der Waals surface area contributed by atoms with Gasteiger partial charge in [0.15, 0.2) is 0 Å². The van der Waals surface area contributed by atoms with E-state index in [1.54, 1.807) is 23.6 Å². The van der Waals surface area contributed by atoms with Crippen molar-refractivity contribution in [1.29, 1.82) is 0 Å². The van der Waals surface area contributed by atoms with E-state index in [0.29, 0.717) is 9.35 Å². The molecule has 1 heterocycles. The lowest BCUT2D eigenvalue weighted by Crippen LogP contribution is -2.00. The first-order chi connectivity index (χ1) is 7.61. The zero-order chi connectivity index (χ0) is 11.7. The van der Waals surface area contributed by atoms with Crippen molar-refractivity contribution >= 4 is 44.7 Å². The van der Waals surface area contributed by atoms with Crippen LogP contribution in [0.3, 0.4) is 0 Å². The molecule has 82 valence electrons. The summed E-state index contributed by atoms with van der Waals surface area (Å²) in [6, 6.07) is 6.40. The Morgan fingerprint density at radius 3 is 2.69 bits per heavy atom. The molecule has 0 amide bonds. The Morgan fingerprint density at radius 1 is 1.38 bits per heavy atom. The van der Waals surface area contributed by atoms with Crippen molar-refractivity contribution in [2.45, 2.75) is 0 Å². The molecule has 2 aromatic rings. The summed E-state index contributed by atoms with van der Waals surface area (Å²) < 4.78 is 0.710. The van der Waals surface area contributed by atoms with Crippen molar-refractivity contribution in [2.75, 3.05) is 0 Å². The highest BCUT2D eigenvalue weighted by molar-refractivity contribution is 9.10. The molecule has 0 atom stereocenters. The second-order valence-corrected chi connectivity index (χ2v) is 5.24. The van der Waals surface area contributed by atoms with E-state index < -0.39 is 0 Å². The van der Waals surface area contributed by atoms with Gasteiger partial charge in [-0.25, -0.2) is 0 Å². The van der Waals surface area contributed by atoms with Gasteiger partial charge in [-0.05, 0) is 39.5 Å². The van der Waals surface area contributed by atoms with Gasteiger partial charge in [-0.15, -0.1) is 11.3 Å². The van der Waals surface area contributed by atoms with Crippen LogP contribution < -0.4 is 0 Å². The van der Waals surface area contributed by atoms with Gasteiger partial charge in [-0.1, -0.05) is 17.7 Å². The average molecular weight is 318 g/mol. The Morgan fingerprint density at radius 2 is 2.12 bits per heavy atom. The van der Waals surface area contributed by atoms with Crippen LogP contribution in [-0.4, -0.2) is 10.9 Å². The van der Waals surface area contributed by atoms with E-state index >= 15 is 0 Å². The molecule has 0 aliphatic carbocycles. The zero-order valence-corrected chi connectivity index (χ0v) is 11.1. The number of hydrogen-bond acceptors (Lipinski definition) is 3. The first-order valence-corrected chi connectivity index (χ1v) is 6.41. The van der Waals surface area contributed by atoms with E-state index in [1.807, 2.05) is 0 Å². The number of aromatic hydroxyl groups is 1. The van der Waals surface area contributed by atoms with E-state index in [4.69, 9.17) is 11.6 Å². The molecule has 1 aromatic heterocycles. The Bertz CT molecular complexity index is 530. The van der Waals surface area contributed by atoms with E-state index in [1.165, 1.54) is 17.4 Å². The highest BCUT2D eigenvalue weighted by Crippen LogP contribution is 2.32. The first-order valence-electron chi connectivity index (χ1n) is 4.36. The maximum Gasteiger partial charge on any atom is 0.209 e. The Kier molecular flexibility index (Phi) is 3.33. The van der Waals surface area contributed by atoms with Crippen molar-refractivity contribution in [3.05, 3.63) is 49.6 Å². The summed E-state index contributed by atoms with van der Waals surface area (Å²) in [7, 11) is 0. The summed E-state index contributed by atoms with van der Waals surface area (Å²) in [6.07, 6.45) is 0. The fourth-order valence-electron chi connectivity index (χ4n) is 1.31. The van der Waals surface area contributed by atoms with Crippen LogP contribution in [0.15, 0.2) is 34.1 Å².